The third-order valence-electron chi connectivity index (χ3n) is 4.10. The molecule has 2 saturated heterocycles. The lowest BCUT2D eigenvalue weighted by Gasteiger charge is -2.44. The normalized spacial score (nSPS) is 39.4. The summed E-state index contributed by atoms with van der Waals surface area (Å²) in [4.78, 5) is 0. The van der Waals surface area contributed by atoms with Crippen LogP contribution in [-0.4, -0.2) is 35.8 Å². The Hall–Kier alpha value is 0.270. The van der Waals surface area contributed by atoms with E-state index in [9.17, 15) is 0 Å². The molecule has 2 aliphatic heterocycles. The van der Waals surface area contributed by atoms with Crippen molar-refractivity contribution in [3.63, 3.8) is 0 Å². The molecule has 3 heteroatoms. The molecule has 16 heavy (non-hydrogen) atoms. The Morgan fingerprint density at radius 2 is 2.31 bits per heavy atom. The summed E-state index contributed by atoms with van der Waals surface area (Å²) >= 11 is 2.08. The summed E-state index contributed by atoms with van der Waals surface area (Å²) in [6.45, 7) is 6.55. The third kappa shape index (κ3) is 2.41. The first-order valence-electron chi connectivity index (χ1n) is 6.78. The summed E-state index contributed by atoms with van der Waals surface area (Å²) in [5, 5.41) is 4.36. The maximum atomic E-state index is 6.20. The van der Waals surface area contributed by atoms with Crippen LogP contribution in [0.25, 0.3) is 0 Å². The molecule has 2 aliphatic rings. The molecule has 3 atom stereocenters. The fraction of sp³-hybridized carbons (Fsp3) is 1.00. The van der Waals surface area contributed by atoms with Crippen LogP contribution in [0, 0.1) is 0 Å². The fourth-order valence-electron chi connectivity index (χ4n) is 3.08. The first-order chi connectivity index (χ1) is 7.79. The van der Waals surface area contributed by atoms with E-state index in [0.717, 1.165) is 13.2 Å². The highest BCUT2D eigenvalue weighted by molar-refractivity contribution is 8.00. The molecule has 2 heterocycles. The molecule has 0 aromatic heterocycles. The predicted molar refractivity (Wildman–Crippen MR) is 71.2 cm³/mol. The Balaban J connectivity index is 1.96. The molecule has 2 fully saturated rings. The van der Waals surface area contributed by atoms with E-state index in [-0.39, 0.29) is 5.60 Å². The van der Waals surface area contributed by atoms with Gasteiger partial charge in [0, 0.05) is 17.8 Å². The molecule has 0 aliphatic carbocycles. The lowest BCUT2D eigenvalue weighted by molar-refractivity contribution is -0.0946. The Morgan fingerprint density at radius 3 is 3.00 bits per heavy atom. The van der Waals surface area contributed by atoms with Gasteiger partial charge >= 0.3 is 0 Å². The van der Waals surface area contributed by atoms with Crippen LogP contribution in [-0.2, 0) is 4.74 Å². The maximum absolute atomic E-state index is 6.20. The summed E-state index contributed by atoms with van der Waals surface area (Å²) in [6, 6.07) is 0.595. The lowest BCUT2D eigenvalue weighted by atomic mass is 9.84. The Labute approximate surface area is 104 Å². The van der Waals surface area contributed by atoms with Gasteiger partial charge in [-0.25, -0.2) is 0 Å². The van der Waals surface area contributed by atoms with Gasteiger partial charge in [0.25, 0.3) is 0 Å². The van der Waals surface area contributed by atoms with E-state index in [4.69, 9.17) is 4.74 Å². The van der Waals surface area contributed by atoms with Crippen LogP contribution < -0.4 is 5.32 Å². The fourth-order valence-corrected chi connectivity index (χ4v) is 4.50. The number of morpholine rings is 1. The van der Waals surface area contributed by atoms with Crippen molar-refractivity contribution in [3.8, 4) is 0 Å². The third-order valence-corrected chi connectivity index (χ3v) is 5.44. The van der Waals surface area contributed by atoms with E-state index < -0.39 is 0 Å². The average molecular weight is 243 g/mol. The number of thioether (sulfide) groups is 1. The molecule has 0 aromatic carbocycles. The number of unbranched alkanes of at least 4 members (excludes halogenated alkanes) is 2. The van der Waals surface area contributed by atoms with Crippen molar-refractivity contribution in [2.24, 2.45) is 0 Å². The second-order valence-electron chi connectivity index (χ2n) is 5.07. The molecule has 2 rings (SSSR count). The summed E-state index contributed by atoms with van der Waals surface area (Å²) in [5.74, 6) is 1.27. The monoisotopic (exact) mass is 243 g/mol. The van der Waals surface area contributed by atoms with Crippen LogP contribution in [0.1, 0.15) is 46.0 Å². The van der Waals surface area contributed by atoms with Gasteiger partial charge < -0.3 is 10.1 Å². The van der Waals surface area contributed by atoms with Crippen LogP contribution >= 0.6 is 11.8 Å². The molecule has 1 spiro atoms. The molecule has 0 saturated carbocycles. The topological polar surface area (TPSA) is 21.3 Å². The highest BCUT2D eigenvalue weighted by atomic mass is 32.2. The molecule has 3 unspecified atom stereocenters. The van der Waals surface area contributed by atoms with Crippen molar-refractivity contribution < 1.29 is 4.74 Å². The zero-order valence-electron chi connectivity index (χ0n) is 10.6. The number of rotatable bonds is 4. The van der Waals surface area contributed by atoms with Crippen molar-refractivity contribution in [2.75, 3.05) is 18.9 Å². The van der Waals surface area contributed by atoms with E-state index in [1.54, 1.807) is 0 Å². The Bertz CT molecular complexity index is 224. The zero-order valence-corrected chi connectivity index (χ0v) is 11.4. The predicted octanol–water partition coefficient (Wildman–Crippen LogP) is 2.82. The van der Waals surface area contributed by atoms with Gasteiger partial charge in [-0.15, -0.1) is 0 Å². The summed E-state index contributed by atoms with van der Waals surface area (Å²) in [5.41, 5.74) is 0.149. The number of ether oxygens (including phenoxy) is 1. The van der Waals surface area contributed by atoms with E-state index in [2.05, 4.69) is 30.9 Å². The molecule has 0 radical (unpaired) electrons. The Morgan fingerprint density at radius 1 is 1.44 bits per heavy atom. The minimum atomic E-state index is 0.149. The molecule has 0 amide bonds. The zero-order chi connectivity index (χ0) is 11.4. The van der Waals surface area contributed by atoms with Crippen molar-refractivity contribution in [1.29, 1.82) is 0 Å². The molecule has 0 aromatic rings. The molecular weight excluding hydrogens is 218 g/mol. The second kappa shape index (κ2) is 5.74. The van der Waals surface area contributed by atoms with Crippen LogP contribution in [0.3, 0.4) is 0 Å². The molecule has 1 N–H and O–H groups in total. The van der Waals surface area contributed by atoms with Crippen molar-refractivity contribution >= 4 is 11.8 Å². The van der Waals surface area contributed by atoms with E-state index in [0.29, 0.717) is 11.3 Å². The van der Waals surface area contributed by atoms with E-state index >= 15 is 0 Å². The van der Waals surface area contributed by atoms with Gasteiger partial charge in [0.1, 0.15) is 0 Å². The van der Waals surface area contributed by atoms with E-state index in [1.807, 2.05) is 0 Å². The van der Waals surface area contributed by atoms with Crippen molar-refractivity contribution in [1.82, 2.24) is 5.32 Å². The van der Waals surface area contributed by atoms with Gasteiger partial charge in [-0.05, 0) is 18.6 Å². The highest BCUT2D eigenvalue weighted by Crippen LogP contribution is 2.43. The van der Waals surface area contributed by atoms with Gasteiger partial charge in [0.05, 0.1) is 12.2 Å². The van der Waals surface area contributed by atoms with Crippen molar-refractivity contribution in [3.05, 3.63) is 0 Å². The number of nitrogens with one attached hydrogen (secondary N) is 1. The van der Waals surface area contributed by atoms with E-state index in [1.165, 1.54) is 37.9 Å². The largest absolute Gasteiger partial charge is 0.371 e. The SMILES string of the molecule is CCCCCC1NCCOC12CCSC2C. The summed E-state index contributed by atoms with van der Waals surface area (Å²) in [7, 11) is 0. The molecule has 2 nitrogen and oxygen atoms in total. The average Bonchev–Trinajstić information content (AvgIpc) is 2.65. The molecular formula is C13H25NOS. The maximum Gasteiger partial charge on any atom is 0.0958 e. The van der Waals surface area contributed by atoms with Gasteiger partial charge in [-0.3, -0.25) is 0 Å². The summed E-state index contributed by atoms with van der Waals surface area (Å²) < 4.78 is 6.20. The van der Waals surface area contributed by atoms with Crippen LogP contribution in [0.15, 0.2) is 0 Å². The van der Waals surface area contributed by atoms with Crippen molar-refractivity contribution in [2.45, 2.75) is 62.8 Å². The minimum Gasteiger partial charge on any atom is -0.371 e. The highest BCUT2D eigenvalue weighted by Gasteiger charge is 2.49. The quantitative estimate of drug-likeness (QED) is 0.767. The number of hydrogen-bond acceptors (Lipinski definition) is 3. The van der Waals surface area contributed by atoms with Crippen LogP contribution in [0.2, 0.25) is 0 Å². The smallest absolute Gasteiger partial charge is 0.0958 e. The van der Waals surface area contributed by atoms with Gasteiger partial charge in [0.2, 0.25) is 0 Å². The Kier molecular flexibility index (Phi) is 4.57. The number of hydrogen-bond donors (Lipinski definition) is 1. The van der Waals surface area contributed by atoms with Gasteiger partial charge in [-0.2, -0.15) is 11.8 Å². The van der Waals surface area contributed by atoms with Gasteiger partial charge in [-0.1, -0.05) is 33.1 Å². The first kappa shape index (κ1) is 12.7. The second-order valence-corrected chi connectivity index (χ2v) is 6.52. The first-order valence-corrected chi connectivity index (χ1v) is 7.83. The lowest BCUT2D eigenvalue weighted by Crippen LogP contribution is -2.60. The molecule has 0 bridgehead atoms. The molecule has 94 valence electrons. The minimum absolute atomic E-state index is 0.149. The van der Waals surface area contributed by atoms with Crippen LogP contribution in [0.5, 0.6) is 0 Å². The standard InChI is InChI=1S/C13H25NOS/c1-3-4-5-6-12-13(15-9-8-14-12)7-10-16-11(13)2/h11-12,14H,3-10H2,1-2H3. The van der Waals surface area contributed by atoms with Gasteiger partial charge in [0.15, 0.2) is 0 Å². The summed E-state index contributed by atoms with van der Waals surface area (Å²) in [6.07, 6.45) is 6.54. The van der Waals surface area contributed by atoms with Crippen LogP contribution in [0.4, 0.5) is 0 Å².